The summed E-state index contributed by atoms with van der Waals surface area (Å²) in [5, 5.41) is 6.70. The number of hydrogen-bond donors (Lipinski definition) is 2. The van der Waals surface area contributed by atoms with E-state index in [1.165, 1.54) is 0 Å². The predicted octanol–water partition coefficient (Wildman–Crippen LogP) is 2.70. The van der Waals surface area contributed by atoms with Gasteiger partial charge < -0.3 is 20.3 Å². The zero-order chi connectivity index (χ0) is 20.5. The Morgan fingerprint density at radius 3 is 2.48 bits per heavy atom. The first kappa shape index (κ1) is 25.5. The molecule has 0 unspecified atom stereocenters. The van der Waals surface area contributed by atoms with Crippen LogP contribution in [0.3, 0.4) is 0 Å². The number of fused-ring (bicyclic) bond motifs is 1. The Morgan fingerprint density at radius 1 is 1.17 bits per heavy atom. The second-order valence-electron chi connectivity index (χ2n) is 7.51. The molecule has 1 aromatic rings. The molecule has 1 heterocycles. The third kappa shape index (κ3) is 7.65. The van der Waals surface area contributed by atoms with Crippen LogP contribution in [0.1, 0.15) is 34.1 Å². The summed E-state index contributed by atoms with van der Waals surface area (Å²) >= 11 is 0. The minimum absolute atomic E-state index is 0. The van der Waals surface area contributed by atoms with Gasteiger partial charge in [-0.3, -0.25) is 14.7 Å². The molecule has 0 saturated heterocycles. The quantitative estimate of drug-likeness (QED) is 0.228. The van der Waals surface area contributed by atoms with Crippen molar-refractivity contribution in [2.45, 2.75) is 46.2 Å². The lowest BCUT2D eigenvalue weighted by atomic mass is 10.2. The van der Waals surface area contributed by atoms with E-state index >= 15 is 0 Å². The lowest BCUT2D eigenvalue weighted by molar-refractivity contribution is -0.121. The number of rotatable bonds is 9. The van der Waals surface area contributed by atoms with Gasteiger partial charge in [0.2, 0.25) is 0 Å². The molecule has 0 saturated carbocycles. The molecule has 1 aromatic carbocycles. The van der Waals surface area contributed by atoms with Gasteiger partial charge in [-0.25, -0.2) is 0 Å². The zero-order valence-corrected chi connectivity index (χ0v) is 20.6. The van der Waals surface area contributed by atoms with Crippen LogP contribution in [0.5, 0.6) is 5.75 Å². The maximum atomic E-state index is 12.2. The molecule has 0 aliphatic carbocycles. The van der Waals surface area contributed by atoms with Crippen molar-refractivity contribution in [3.8, 4) is 5.75 Å². The topological polar surface area (TPSA) is 69.2 Å². The van der Waals surface area contributed by atoms with E-state index in [0.717, 1.165) is 43.5 Å². The lowest BCUT2D eigenvalue weighted by Gasteiger charge is -2.30. The summed E-state index contributed by atoms with van der Waals surface area (Å²) in [5.41, 5.74) is 0.851. The van der Waals surface area contributed by atoms with E-state index in [1.54, 1.807) is 11.9 Å². The second-order valence-corrected chi connectivity index (χ2v) is 7.51. The highest BCUT2D eigenvalue weighted by molar-refractivity contribution is 14.0. The van der Waals surface area contributed by atoms with Gasteiger partial charge in [0.05, 0.1) is 5.69 Å². The normalized spacial score (nSPS) is 14.0. The summed E-state index contributed by atoms with van der Waals surface area (Å²) in [7, 11) is 1.78. The fourth-order valence-corrected chi connectivity index (χ4v) is 3.48. The zero-order valence-electron chi connectivity index (χ0n) is 18.3. The summed E-state index contributed by atoms with van der Waals surface area (Å²) < 4.78 is 5.49. The monoisotopic (exact) mass is 517 g/mol. The fraction of sp³-hybridized carbons (Fsp3) is 0.619. The highest BCUT2D eigenvalue weighted by Crippen LogP contribution is 2.31. The maximum Gasteiger partial charge on any atom is 0.265 e. The van der Waals surface area contributed by atoms with Crippen molar-refractivity contribution >= 4 is 41.5 Å². The van der Waals surface area contributed by atoms with E-state index in [0.29, 0.717) is 18.6 Å². The van der Waals surface area contributed by atoms with Gasteiger partial charge in [0.1, 0.15) is 5.75 Å². The molecule has 1 aliphatic rings. The van der Waals surface area contributed by atoms with Gasteiger partial charge in [-0.2, -0.15) is 0 Å². The molecule has 0 fully saturated rings. The molecular formula is C21H36IN5O2. The molecule has 0 spiro atoms. The van der Waals surface area contributed by atoms with E-state index in [9.17, 15) is 4.79 Å². The number of nitrogens with one attached hydrogen (secondary N) is 2. The number of carbonyl (C=O) groups is 1. The van der Waals surface area contributed by atoms with Gasteiger partial charge >= 0.3 is 0 Å². The standard InChI is InChI=1S/C21H35N5O2.HI/c1-16(2)25(17(3)4)14-12-24-21(22-5)23-11-8-13-26-18-9-6-7-10-19(18)28-15-20(26)27;/h6-7,9-10,16-17H,8,11-15H2,1-5H3,(H2,22,23,24);1H. The summed E-state index contributed by atoms with van der Waals surface area (Å²) in [5.74, 6) is 1.57. The summed E-state index contributed by atoms with van der Waals surface area (Å²) in [6.45, 7) is 12.2. The largest absolute Gasteiger partial charge is 0.482 e. The van der Waals surface area contributed by atoms with E-state index in [1.807, 2.05) is 24.3 Å². The molecule has 1 aliphatic heterocycles. The number of carbonyl (C=O) groups excluding carboxylic acids is 1. The highest BCUT2D eigenvalue weighted by atomic mass is 127. The van der Waals surface area contributed by atoms with E-state index < -0.39 is 0 Å². The molecule has 29 heavy (non-hydrogen) atoms. The number of amides is 1. The minimum atomic E-state index is 0. The van der Waals surface area contributed by atoms with Gasteiger partial charge in [-0.1, -0.05) is 12.1 Å². The Morgan fingerprint density at radius 2 is 1.83 bits per heavy atom. The van der Waals surface area contributed by atoms with Crippen LogP contribution in [0.15, 0.2) is 29.3 Å². The first-order chi connectivity index (χ1) is 13.4. The summed E-state index contributed by atoms with van der Waals surface area (Å²) in [6, 6.07) is 8.71. The van der Waals surface area contributed by atoms with Crippen LogP contribution < -0.4 is 20.3 Å². The van der Waals surface area contributed by atoms with Gasteiger partial charge in [0.15, 0.2) is 12.6 Å². The maximum absolute atomic E-state index is 12.2. The minimum Gasteiger partial charge on any atom is -0.482 e. The summed E-state index contributed by atoms with van der Waals surface area (Å²) in [4.78, 5) is 20.7. The number of hydrogen-bond acceptors (Lipinski definition) is 4. The molecule has 2 N–H and O–H groups in total. The molecule has 2 rings (SSSR count). The van der Waals surface area contributed by atoms with Gasteiger partial charge in [0.25, 0.3) is 5.91 Å². The first-order valence-electron chi connectivity index (χ1n) is 10.2. The predicted molar refractivity (Wildman–Crippen MR) is 131 cm³/mol. The van der Waals surface area contributed by atoms with Crippen LogP contribution in [-0.4, -0.2) is 68.7 Å². The van der Waals surface area contributed by atoms with Crippen molar-refractivity contribution in [1.29, 1.82) is 0 Å². The molecule has 164 valence electrons. The molecule has 0 aromatic heterocycles. The number of halogens is 1. The van der Waals surface area contributed by atoms with Crippen LogP contribution in [0, 0.1) is 0 Å². The number of aliphatic imine (C=N–C) groups is 1. The number of nitrogens with zero attached hydrogens (tertiary/aromatic N) is 3. The van der Waals surface area contributed by atoms with Crippen molar-refractivity contribution < 1.29 is 9.53 Å². The summed E-state index contributed by atoms with van der Waals surface area (Å²) in [6.07, 6.45) is 0.824. The number of anilines is 1. The molecule has 1 amide bonds. The van der Waals surface area contributed by atoms with Gasteiger partial charge in [-0.15, -0.1) is 24.0 Å². The van der Waals surface area contributed by atoms with Crippen LogP contribution in [0.4, 0.5) is 5.69 Å². The molecule has 0 radical (unpaired) electrons. The average Bonchev–Trinajstić information content (AvgIpc) is 2.67. The smallest absolute Gasteiger partial charge is 0.265 e. The Bertz CT molecular complexity index is 658. The van der Waals surface area contributed by atoms with E-state index in [4.69, 9.17) is 4.74 Å². The lowest BCUT2D eigenvalue weighted by Crippen LogP contribution is -2.46. The van der Waals surface area contributed by atoms with Crippen LogP contribution in [0.2, 0.25) is 0 Å². The number of ether oxygens (including phenoxy) is 1. The Labute approximate surface area is 192 Å². The number of para-hydroxylation sites is 2. The van der Waals surface area contributed by atoms with Crippen LogP contribution >= 0.6 is 24.0 Å². The van der Waals surface area contributed by atoms with Crippen molar-refractivity contribution in [3.05, 3.63) is 24.3 Å². The Kier molecular flexibility index (Phi) is 11.3. The molecule has 0 atom stereocenters. The number of benzene rings is 1. The second kappa shape index (κ2) is 12.9. The van der Waals surface area contributed by atoms with Crippen LogP contribution in [-0.2, 0) is 4.79 Å². The molecular weight excluding hydrogens is 481 g/mol. The van der Waals surface area contributed by atoms with E-state index in [-0.39, 0.29) is 36.5 Å². The molecule has 7 nitrogen and oxygen atoms in total. The SMILES string of the molecule is CN=C(NCCCN1C(=O)COc2ccccc21)NCCN(C(C)C)C(C)C.I. The first-order valence-corrected chi connectivity index (χ1v) is 10.2. The van der Waals surface area contributed by atoms with Crippen molar-refractivity contribution in [2.75, 3.05) is 44.7 Å². The highest BCUT2D eigenvalue weighted by Gasteiger charge is 2.24. The molecule has 0 bridgehead atoms. The third-order valence-electron chi connectivity index (χ3n) is 4.87. The van der Waals surface area contributed by atoms with Crippen molar-refractivity contribution in [2.24, 2.45) is 4.99 Å². The van der Waals surface area contributed by atoms with E-state index in [2.05, 4.69) is 48.2 Å². The van der Waals surface area contributed by atoms with Crippen LogP contribution in [0.25, 0.3) is 0 Å². The fourth-order valence-electron chi connectivity index (χ4n) is 3.48. The average molecular weight is 517 g/mol. The van der Waals surface area contributed by atoms with Gasteiger partial charge in [0, 0.05) is 45.3 Å². The Balaban J connectivity index is 0.00000420. The Hall–Kier alpha value is -1.55. The van der Waals surface area contributed by atoms with Crippen molar-refractivity contribution in [1.82, 2.24) is 15.5 Å². The van der Waals surface area contributed by atoms with Gasteiger partial charge in [-0.05, 0) is 46.2 Å². The van der Waals surface area contributed by atoms with Crippen molar-refractivity contribution in [3.63, 3.8) is 0 Å². The number of guanidine groups is 1. The molecule has 8 heteroatoms. The third-order valence-corrected chi connectivity index (χ3v) is 4.87.